The smallest absolute Gasteiger partial charge is 0.410 e. The predicted molar refractivity (Wildman–Crippen MR) is 180 cm³/mol. The highest BCUT2D eigenvalue weighted by Gasteiger charge is 2.49. The second-order valence-corrected chi connectivity index (χ2v) is 14.0. The molecule has 1 N–H and O–H groups in total. The van der Waals surface area contributed by atoms with Crippen LogP contribution in [-0.4, -0.2) is 70.4 Å². The maximum Gasteiger partial charge on any atom is 0.410 e. The van der Waals surface area contributed by atoms with E-state index in [1.165, 1.54) is 24.4 Å². The van der Waals surface area contributed by atoms with Crippen molar-refractivity contribution in [2.24, 2.45) is 0 Å². The van der Waals surface area contributed by atoms with Crippen molar-refractivity contribution in [3.63, 3.8) is 0 Å². The van der Waals surface area contributed by atoms with Crippen molar-refractivity contribution in [3.8, 4) is 6.07 Å². The number of hydrogen-bond acceptors (Lipinski definition) is 7. The minimum absolute atomic E-state index is 0.0843. The molecule has 4 amide bonds. The van der Waals surface area contributed by atoms with Gasteiger partial charge in [-0.25, -0.2) is 27.3 Å². The van der Waals surface area contributed by atoms with Crippen LogP contribution in [0, 0.1) is 26.5 Å². The van der Waals surface area contributed by atoms with E-state index in [0.717, 1.165) is 26.8 Å². The lowest BCUT2D eigenvalue weighted by Crippen LogP contribution is -2.65. The summed E-state index contributed by atoms with van der Waals surface area (Å²) in [5.41, 5.74) is -1.17. The number of carbonyl (C=O) groups is 4. The van der Waals surface area contributed by atoms with E-state index in [2.05, 4.69) is 10.3 Å². The summed E-state index contributed by atoms with van der Waals surface area (Å²) in [6, 6.07) is 8.66. The van der Waals surface area contributed by atoms with Crippen LogP contribution in [0.25, 0.3) is 0 Å². The Kier molecular flexibility index (Phi) is 10.4. The Morgan fingerprint density at radius 2 is 1.76 bits per heavy atom. The number of rotatable bonds is 7. The molecule has 1 aromatic heterocycles. The second kappa shape index (κ2) is 14.2. The lowest BCUT2D eigenvalue weighted by atomic mass is 9.87. The molecule has 262 valence electrons. The van der Waals surface area contributed by atoms with Crippen LogP contribution in [0.5, 0.6) is 0 Å². The van der Waals surface area contributed by atoms with Crippen LogP contribution >= 0.6 is 22.6 Å². The molecule has 2 atom stereocenters. The third kappa shape index (κ3) is 8.15. The molecule has 5 rings (SSSR count). The van der Waals surface area contributed by atoms with Crippen LogP contribution in [0.15, 0.2) is 60.8 Å². The molecule has 0 radical (unpaired) electrons. The molecule has 2 aliphatic rings. The first kappa shape index (κ1) is 36.5. The Morgan fingerprint density at radius 3 is 2.36 bits per heavy atom. The zero-order valence-electron chi connectivity index (χ0n) is 27.0. The number of pyridine rings is 1. The zero-order chi connectivity index (χ0) is 36.5. The van der Waals surface area contributed by atoms with Crippen LogP contribution in [0.3, 0.4) is 0 Å². The molecular weight excluding hydrogens is 775 g/mol. The van der Waals surface area contributed by atoms with Crippen LogP contribution in [0.2, 0.25) is 0 Å². The van der Waals surface area contributed by atoms with Crippen LogP contribution in [0.1, 0.15) is 50.8 Å². The zero-order valence-corrected chi connectivity index (χ0v) is 29.2. The van der Waals surface area contributed by atoms with E-state index in [1.54, 1.807) is 39.0 Å². The van der Waals surface area contributed by atoms with Gasteiger partial charge in [-0.1, -0.05) is 18.2 Å². The Hall–Kier alpha value is -4.79. The van der Waals surface area contributed by atoms with E-state index >= 15 is 4.79 Å². The molecule has 16 heteroatoms. The largest absolute Gasteiger partial charge is 0.444 e. The first-order valence-corrected chi connectivity index (χ1v) is 16.4. The molecule has 0 bridgehead atoms. The molecule has 1 saturated carbocycles. The average Bonchev–Trinajstić information content (AvgIpc) is 3.01. The van der Waals surface area contributed by atoms with Gasteiger partial charge in [-0.05, 0) is 79.3 Å². The third-order valence-corrected chi connectivity index (χ3v) is 8.85. The van der Waals surface area contributed by atoms with Crippen molar-refractivity contribution in [2.75, 3.05) is 22.9 Å². The van der Waals surface area contributed by atoms with Gasteiger partial charge in [0.15, 0.2) is 0 Å². The number of piperazine rings is 1. The predicted octanol–water partition coefficient (Wildman–Crippen LogP) is 5.48. The highest BCUT2D eigenvalue weighted by Crippen LogP contribution is 2.39. The maximum absolute atomic E-state index is 15.1. The lowest BCUT2D eigenvalue weighted by molar-refractivity contribution is -0.133. The van der Waals surface area contributed by atoms with Crippen molar-refractivity contribution in [2.45, 2.75) is 63.3 Å². The van der Waals surface area contributed by atoms with Gasteiger partial charge in [0.05, 0.1) is 23.9 Å². The molecule has 2 aromatic carbocycles. The van der Waals surface area contributed by atoms with E-state index in [-0.39, 0.29) is 16.9 Å². The van der Waals surface area contributed by atoms with Crippen molar-refractivity contribution in [3.05, 3.63) is 87.1 Å². The quantitative estimate of drug-likeness (QED) is 0.247. The van der Waals surface area contributed by atoms with Gasteiger partial charge < -0.3 is 10.1 Å². The number of aromatic nitrogens is 1. The Bertz CT molecular complexity index is 1850. The summed E-state index contributed by atoms with van der Waals surface area (Å²) in [6.07, 6.45) is -1.02. The molecule has 50 heavy (non-hydrogen) atoms. The fourth-order valence-electron chi connectivity index (χ4n) is 5.71. The minimum Gasteiger partial charge on any atom is -0.444 e. The summed E-state index contributed by atoms with van der Waals surface area (Å²) in [5, 5.41) is 12.1. The normalized spacial score (nSPS) is 18.1. The van der Waals surface area contributed by atoms with Crippen LogP contribution in [-0.2, 0) is 19.1 Å². The average molecular weight is 807 g/mol. The number of nitriles is 1. The summed E-state index contributed by atoms with van der Waals surface area (Å²) in [5.74, 6) is -8.19. The van der Waals surface area contributed by atoms with Gasteiger partial charge in [-0.15, -0.1) is 0 Å². The Balaban J connectivity index is 1.69. The molecule has 3 aromatic rings. The fraction of sp³-hybridized carbons (Fsp3) is 0.353. The van der Waals surface area contributed by atoms with Gasteiger partial charge in [0.2, 0.25) is 11.8 Å². The fourth-order valence-corrected chi connectivity index (χ4v) is 6.39. The number of nitrogens with zero attached hydrogens (tertiary/aromatic N) is 5. The monoisotopic (exact) mass is 806 g/mol. The molecular formula is C34H31F4IN6O5. The summed E-state index contributed by atoms with van der Waals surface area (Å²) in [6.45, 7) is 3.72. The number of hydrogen-bond donors (Lipinski definition) is 1. The number of ether oxygens (including phenoxy) is 1. The second-order valence-electron chi connectivity index (χ2n) is 12.9. The number of amides is 4. The molecule has 2 heterocycles. The van der Waals surface area contributed by atoms with E-state index < -0.39 is 96.7 Å². The highest BCUT2D eigenvalue weighted by atomic mass is 127. The van der Waals surface area contributed by atoms with E-state index in [1.807, 2.05) is 28.7 Å². The summed E-state index contributed by atoms with van der Waals surface area (Å²) >= 11 is 1.90. The van der Waals surface area contributed by atoms with Crippen LogP contribution < -0.4 is 15.1 Å². The maximum atomic E-state index is 15.1. The standard InChI is InChI=1S/C34H31F4IN6O5/c1-33(2,3)50-32(49)43-17-26(45(28(46)18-43)27-10-19(16-40)8-9-41-27)31(48)44(23-12-20(35)11-21(36)13-23)29(24-6-4-5-7-25(24)39)30(47)42-22-14-34(37,38)15-22/h4-13,22,26,29H,14-15,17-18H2,1-3H3,(H,42,47)/t26-,29?/m0/s1. The molecule has 1 saturated heterocycles. The SMILES string of the molecule is CC(C)(C)OC(=O)N1CC(=O)N(c2cc(C#N)ccn2)[C@H](C(=O)N(c2cc(F)cc(F)c2)C(C(=O)NC2CC(F)(F)C2)c2ccccc2I)C1. The number of nitrogens with one attached hydrogen (secondary N) is 1. The van der Waals surface area contributed by atoms with Crippen molar-refractivity contribution >= 4 is 57.9 Å². The van der Waals surface area contributed by atoms with Gasteiger partial charge in [-0.3, -0.25) is 29.1 Å². The van der Waals surface area contributed by atoms with Crippen molar-refractivity contribution < 1.29 is 41.5 Å². The van der Waals surface area contributed by atoms with E-state index in [9.17, 15) is 37.2 Å². The van der Waals surface area contributed by atoms with Gasteiger partial charge >= 0.3 is 6.09 Å². The molecule has 2 fully saturated rings. The van der Waals surface area contributed by atoms with Gasteiger partial charge in [-0.2, -0.15) is 5.26 Å². The van der Waals surface area contributed by atoms with Gasteiger partial charge in [0, 0.05) is 34.7 Å². The van der Waals surface area contributed by atoms with Gasteiger partial charge in [0.1, 0.15) is 41.7 Å². The molecule has 11 nitrogen and oxygen atoms in total. The molecule has 0 spiro atoms. The first-order chi connectivity index (χ1) is 23.5. The molecule has 1 aliphatic heterocycles. The van der Waals surface area contributed by atoms with Crippen LogP contribution in [0.4, 0.5) is 33.9 Å². The van der Waals surface area contributed by atoms with Crippen molar-refractivity contribution in [1.29, 1.82) is 5.26 Å². The summed E-state index contributed by atoms with van der Waals surface area (Å²) < 4.78 is 63.3. The number of halogens is 5. The van der Waals surface area contributed by atoms with Gasteiger partial charge in [0.25, 0.3) is 11.8 Å². The Morgan fingerprint density at radius 1 is 1.10 bits per heavy atom. The molecule has 1 unspecified atom stereocenters. The number of carbonyl (C=O) groups excluding carboxylic acids is 4. The number of anilines is 2. The van der Waals surface area contributed by atoms with E-state index in [4.69, 9.17) is 4.74 Å². The third-order valence-electron chi connectivity index (χ3n) is 7.86. The summed E-state index contributed by atoms with van der Waals surface area (Å²) in [7, 11) is 0. The molecule has 1 aliphatic carbocycles. The minimum atomic E-state index is -3.01. The topological polar surface area (TPSA) is 136 Å². The summed E-state index contributed by atoms with van der Waals surface area (Å²) in [4.78, 5) is 63.2. The van der Waals surface area contributed by atoms with E-state index in [0.29, 0.717) is 9.64 Å². The first-order valence-electron chi connectivity index (χ1n) is 15.3. The number of alkyl halides is 2. The van der Waals surface area contributed by atoms with Crippen molar-refractivity contribution in [1.82, 2.24) is 15.2 Å². The Labute approximate surface area is 298 Å². The number of benzene rings is 2. The lowest BCUT2D eigenvalue weighted by Gasteiger charge is -2.43. The highest BCUT2D eigenvalue weighted by molar-refractivity contribution is 14.1.